The number of carbonyl (C=O) groups is 3. The lowest BCUT2D eigenvalue weighted by Crippen LogP contribution is -2.52. The molecule has 2 atom stereocenters. The first-order valence-corrected chi connectivity index (χ1v) is 10.7. The third-order valence-corrected chi connectivity index (χ3v) is 6.46. The van der Waals surface area contributed by atoms with E-state index < -0.39 is 11.9 Å². The summed E-state index contributed by atoms with van der Waals surface area (Å²) >= 11 is 0. The number of benzene rings is 1. The number of carbonyl (C=O) groups excluding carboxylic acids is 3. The Hall–Kier alpha value is -3.26. The molecule has 2 unspecified atom stereocenters. The molecule has 3 amide bonds. The number of piperidine rings is 1. The van der Waals surface area contributed by atoms with E-state index in [0.717, 1.165) is 41.8 Å². The summed E-state index contributed by atoms with van der Waals surface area (Å²) in [4.78, 5) is 42.9. The van der Waals surface area contributed by atoms with E-state index in [1.165, 1.54) is 5.56 Å². The van der Waals surface area contributed by atoms with E-state index >= 15 is 0 Å². The molecule has 4 N–H and O–H groups in total. The van der Waals surface area contributed by atoms with Crippen molar-refractivity contribution in [3.05, 3.63) is 58.4 Å². The molecule has 1 fully saturated rings. The minimum absolute atomic E-state index is 0.157. The van der Waals surface area contributed by atoms with Crippen molar-refractivity contribution in [3.8, 4) is 0 Å². The van der Waals surface area contributed by atoms with Crippen LogP contribution in [0.15, 0.2) is 30.5 Å². The molecule has 0 spiro atoms. The van der Waals surface area contributed by atoms with Gasteiger partial charge in [0.2, 0.25) is 11.8 Å². The fourth-order valence-corrected chi connectivity index (χ4v) is 4.76. The zero-order valence-corrected chi connectivity index (χ0v) is 17.2. The number of nitrogens with two attached hydrogens (primary N) is 1. The van der Waals surface area contributed by atoms with Gasteiger partial charge >= 0.3 is 0 Å². The summed E-state index contributed by atoms with van der Waals surface area (Å²) < 4.78 is 0. The Morgan fingerprint density at radius 2 is 2.06 bits per heavy atom. The molecule has 3 heterocycles. The van der Waals surface area contributed by atoms with E-state index in [0.29, 0.717) is 25.1 Å². The van der Waals surface area contributed by atoms with Crippen molar-refractivity contribution in [2.45, 2.75) is 57.3 Å². The zero-order chi connectivity index (χ0) is 21.5. The quantitative estimate of drug-likeness (QED) is 0.643. The van der Waals surface area contributed by atoms with Gasteiger partial charge in [0, 0.05) is 36.8 Å². The molecule has 8 nitrogen and oxygen atoms in total. The zero-order valence-electron chi connectivity index (χ0n) is 17.2. The van der Waals surface area contributed by atoms with E-state index in [1.807, 2.05) is 18.3 Å². The van der Waals surface area contributed by atoms with E-state index in [2.05, 4.69) is 21.7 Å². The number of hydrogen-bond acceptors (Lipinski definition) is 6. The van der Waals surface area contributed by atoms with Gasteiger partial charge < -0.3 is 16.0 Å². The largest absolute Gasteiger partial charge is 0.380 e. The molecular formula is C23H25N5O3. The number of aryl methyl sites for hydroxylation is 1. The van der Waals surface area contributed by atoms with Crippen LogP contribution < -0.4 is 16.4 Å². The fraction of sp³-hybridized carbons (Fsp3) is 0.391. The molecule has 3 aliphatic rings. The van der Waals surface area contributed by atoms with Crippen LogP contribution in [-0.2, 0) is 35.5 Å². The topological polar surface area (TPSA) is 117 Å². The normalized spacial score (nSPS) is 22.7. The maximum Gasteiger partial charge on any atom is 0.255 e. The van der Waals surface area contributed by atoms with Crippen molar-refractivity contribution >= 4 is 23.4 Å². The Kier molecular flexibility index (Phi) is 4.94. The highest BCUT2D eigenvalue weighted by molar-refractivity contribution is 6.05. The maximum atomic E-state index is 13.0. The third kappa shape index (κ3) is 3.67. The van der Waals surface area contributed by atoms with Crippen molar-refractivity contribution in [2.24, 2.45) is 5.73 Å². The molecule has 2 aromatic rings. The molecule has 2 aliphatic heterocycles. The highest BCUT2D eigenvalue weighted by atomic mass is 16.2. The first-order chi connectivity index (χ1) is 15.0. The number of pyridine rings is 1. The molecule has 8 heteroatoms. The Morgan fingerprint density at radius 3 is 2.90 bits per heavy atom. The number of nitrogens with zero attached hydrogens (tertiary/aromatic N) is 2. The van der Waals surface area contributed by atoms with Gasteiger partial charge in [0.25, 0.3) is 5.91 Å². The molecule has 1 saturated heterocycles. The van der Waals surface area contributed by atoms with Gasteiger partial charge in [-0.15, -0.1) is 0 Å². The molecule has 31 heavy (non-hydrogen) atoms. The van der Waals surface area contributed by atoms with Gasteiger partial charge in [0.05, 0.1) is 11.9 Å². The summed E-state index contributed by atoms with van der Waals surface area (Å²) in [5.74, 6) is -0.832. The van der Waals surface area contributed by atoms with Crippen molar-refractivity contribution < 1.29 is 14.4 Å². The predicted molar refractivity (Wildman–Crippen MR) is 114 cm³/mol. The Bertz CT molecular complexity index is 1080. The molecule has 0 saturated carbocycles. The summed E-state index contributed by atoms with van der Waals surface area (Å²) in [6.07, 6.45) is 5.19. The lowest BCUT2D eigenvalue weighted by atomic mass is 9.92. The minimum Gasteiger partial charge on any atom is -0.380 e. The van der Waals surface area contributed by atoms with Crippen LogP contribution in [0.1, 0.15) is 52.0 Å². The standard InChI is InChI=1S/C23H25N5O3/c24-15-4-5-19-14(8-15)9-16(11-26-19)25-10-13-2-1-3-17-18(13)12-28(23(17)31)20-6-7-21(29)27-22(20)30/h1-3,9,11,15,20,25H,4-8,10,12,24H2,(H,27,29,30). The van der Waals surface area contributed by atoms with Crippen molar-refractivity contribution in [1.29, 1.82) is 0 Å². The van der Waals surface area contributed by atoms with Gasteiger partial charge in [-0.25, -0.2) is 0 Å². The van der Waals surface area contributed by atoms with Crippen LogP contribution in [0.25, 0.3) is 0 Å². The average Bonchev–Trinajstić information content (AvgIpc) is 3.09. The number of aromatic nitrogens is 1. The smallest absolute Gasteiger partial charge is 0.255 e. The lowest BCUT2D eigenvalue weighted by Gasteiger charge is -2.29. The highest BCUT2D eigenvalue weighted by Crippen LogP contribution is 2.30. The number of hydrogen-bond donors (Lipinski definition) is 3. The second-order valence-electron chi connectivity index (χ2n) is 8.53. The summed E-state index contributed by atoms with van der Waals surface area (Å²) in [6.45, 7) is 0.918. The van der Waals surface area contributed by atoms with Crippen LogP contribution in [0.4, 0.5) is 5.69 Å². The fourth-order valence-electron chi connectivity index (χ4n) is 4.76. The van der Waals surface area contributed by atoms with Gasteiger partial charge in [0.1, 0.15) is 6.04 Å². The molecule has 5 rings (SSSR count). The summed E-state index contributed by atoms with van der Waals surface area (Å²) in [5, 5.41) is 5.77. The number of imide groups is 1. The summed E-state index contributed by atoms with van der Waals surface area (Å²) in [5.41, 5.74) is 11.9. The summed E-state index contributed by atoms with van der Waals surface area (Å²) in [6, 6.07) is 7.36. The van der Waals surface area contributed by atoms with Crippen molar-refractivity contribution in [2.75, 3.05) is 5.32 Å². The summed E-state index contributed by atoms with van der Waals surface area (Å²) in [7, 11) is 0. The van der Waals surface area contributed by atoms with Gasteiger partial charge in [-0.1, -0.05) is 12.1 Å². The average molecular weight is 419 g/mol. The molecule has 0 radical (unpaired) electrons. The number of anilines is 1. The van der Waals surface area contributed by atoms with Crippen LogP contribution in [0.2, 0.25) is 0 Å². The van der Waals surface area contributed by atoms with Gasteiger partial charge in [0.15, 0.2) is 0 Å². The number of amides is 3. The van der Waals surface area contributed by atoms with Crippen molar-refractivity contribution in [1.82, 2.24) is 15.2 Å². The van der Waals surface area contributed by atoms with Gasteiger partial charge in [-0.05, 0) is 54.5 Å². The molecule has 1 aromatic carbocycles. The van der Waals surface area contributed by atoms with Crippen LogP contribution in [0.3, 0.4) is 0 Å². The molecule has 0 bridgehead atoms. The number of fused-ring (bicyclic) bond motifs is 2. The first kappa shape index (κ1) is 19.7. The Labute approximate surface area is 180 Å². The second kappa shape index (κ2) is 7.77. The van der Waals surface area contributed by atoms with E-state index in [1.54, 1.807) is 11.0 Å². The van der Waals surface area contributed by atoms with E-state index in [4.69, 9.17) is 5.73 Å². The van der Waals surface area contributed by atoms with E-state index in [9.17, 15) is 14.4 Å². The predicted octanol–water partition coefficient (Wildman–Crippen LogP) is 1.27. The van der Waals surface area contributed by atoms with Crippen LogP contribution in [-0.4, -0.2) is 39.7 Å². The molecule has 160 valence electrons. The second-order valence-corrected chi connectivity index (χ2v) is 8.53. The van der Waals surface area contributed by atoms with Crippen LogP contribution in [0, 0.1) is 0 Å². The third-order valence-electron chi connectivity index (χ3n) is 6.46. The van der Waals surface area contributed by atoms with Crippen molar-refractivity contribution in [3.63, 3.8) is 0 Å². The number of nitrogens with one attached hydrogen (secondary N) is 2. The first-order valence-electron chi connectivity index (χ1n) is 10.7. The number of rotatable bonds is 4. The minimum atomic E-state index is -0.604. The van der Waals surface area contributed by atoms with Gasteiger partial charge in [-0.3, -0.25) is 24.7 Å². The maximum absolute atomic E-state index is 13.0. The van der Waals surface area contributed by atoms with E-state index in [-0.39, 0.29) is 24.3 Å². The molecule has 1 aliphatic carbocycles. The Balaban J connectivity index is 1.32. The Morgan fingerprint density at radius 1 is 1.19 bits per heavy atom. The molecule has 1 aromatic heterocycles. The highest BCUT2D eigenvalue weighted by Gasteiger charge is 2.39. The SMILES string of the molecule is NC1CCc2ncc(NCc3cccc4c3CN(C3CCC(=O)NC3=O)C4=O)cc2C1. The van der Waals surface area contributed by atoms with Gasteiger partial charge in [-0.2, -0.15) is 0 Å². The molecular weight excluding hydrogens is 394 g/mol. The van der Waals surface area contributed by atoms with Crippen LogP contribution in [0.5, 0.6) is 0 Å². The lowest BCUT2D eigenvalue weighted by molar-refractivity contribution is -0.136. The van der Waals surface area contributed by atoms with Crippen LogP contribution >= 0.6 is 0 Å². The monoisotopic (exact) mass is 419 g/mol.